The van der Waals surface area contributed by atoms with E-state index in [-0.39, 0.29) is 0 Å². The zero-order chi connectivity index (χ0) is 14.3. The van der Waals surface area contributed by atoms with Gasteiger partial charge in [-0.3, -0.25) is 0 Å². The molecule has 20 heavy (non-hydrogen) atoms. The van der Waals surface area contributed by atoms with Gasteiger partial charge in [-0.25, -0.2) is 15.0 Å². The number of hydrogen-bond acceptors (Lipinski definition) is 3. The molecule has 1 aromatic carbocycles. The third-order valence-corrected chi connectivity index (χ3v) is 3.69. The molecule has 0 aliphatic rings. The van der Waals surface area contributed by atoms with E-state index in [1.807, 2.05) is 42.7 Å². The van der Waals surface area contributed by atoms with Crippen LogP contribution in [-0.2, 0) is 6.54 Å². The Bertz CT molecular complexity index is 795. The van der Waals surface area contributed by atoms with E-state index < -0.39 is 0 Å². The molecule has 0 saturated heterocycles. The van der Waals surface area contributed by atoms with Crippen molar-refractivity contribution in [3.63, 3.8) is 0 Å². The summed E-state index contributed by atoms with van der Waals surface area (Å²) in [5, 5.41) is 1.02. The van der Waals surface area contributed by atoms with Crippen LogP contribution < -0.4 is 0 Å². The van der Waals surface area contributed by atoms with E-state index in [0.29, 0.717) is 21.5 Å². The zero-order valence-electron chi connectivity index (χ0n) is 11.1. The van der Waals surface area contributed by atoms with Gasteiger partial charge in [0.05, 0.1) is 5.02 Å². The minimum Gasteiger partial charge on any atom is -0.309 e. The number of aromatic nitrogens is 4. The number of nitrogens with zero attached hydrogens (tertiary/aromatic N) is 4. The summed E-state index contributed by atoms with van der Waals surface area (Å²) >= 11 is 12.4. The molecule has 0 bridgehead atoms. The largest absolute Gasteiger partial charge is 0.309 e. The highest BCUT2D eigenvalue weighted by Crippen LogP contribution is 2.31. The van der Waals surface area contributed by atoms with Crippen LogP contribution in [0.2, 0.25) is 10.2 Å². The van der Waals surface area contributed by atoms with Crippen LogP contribution in [0.3, 0.4) is 0 Å². The lowest BCUT2D eigenvalue weighted by molar-refractivity contribution is 0.784. The van der Waals surface area contributed by atoms with Gasteiger partial charge < -0.3 is 4.57 Å². The zero-order valence-corrected chi connectivity index (χ0v) is 12.6. The topological polar surface area (TPSA) is 43.6 Å². The molecule has 0 radical (unpaired) electrons. The SMILES string of the molecule is CCn1c(-c2ccccc2Cl)nc2c(Cl)nc(C)nc21. The van der Waals surface area contributed by atoms with E-state index in [9.17, 15) is 0 Å². The minimum atomic E-state index is 0.369. The molecular formula is C14H12Cl2N4. The van der Waals surface area contributed by atoms with Crippen molar-refractivity contribution in [1.82, 2.24) is 19.5 Å². The number of hydrogen-bond donors (Lipinski definition) is 0. The summed E-state index contributed by atoms with van der Waals surface area (Å²) in [7, 11) is 0. The van der Waals surface area contributed by atoms with Crippen LogP contribution >= 0.6 is 23.2 Å². The molecule has 3 aromatic rings. The standard InChI is InChI=1S/C14H12Cl2N4/c1-3-20-13(9-6-4-5-7-10(9)15)19-11-12(16)17-8(2)18-14(11)20/h4-7H,3H2,1-2H3. The van der Waals surface area contributed by atoms with Crippen LogP contribution in [-0.4, -0.2) is 19.5 Å². The van der Waals surface area contributed by atoms with Gasteiger partial charge in [-0.2, -0.15) is 0 Å². The summed E-state index contributed by atoms with van der Waals surface area (Å²) in [5.41, 5.74) is 2.21. The first kappa shape index (κ1) is 13.3. The second-order valence-electron chi connectivity index (χ2n) is 4.39. The molecule has 0 saturated carbocycles. The van der Waals surface area contributed by atoms with Crippen LogP contribution in [0.1, 0.15) is 12.7 Å². The monoisotopic (exact) mass is 306 g/mol. The lowest BCUT2D eigenvalue weighted by Crippen LogP contribution is -2.00. The van der Waals surface area contributed by atoms with Crippen molar-refractivity contribution in [1.29, 1.82) is 0 Å². The molecule has 0 aliphatic carbocycles. The molecule has 0 spiro atoms. The van der Waals surface area contributed by atoms with E-state index in [0.717, 1.165) is 23.6 Å². The molecule has 0 unspecified atom stereocenters. The molecular weight excluding hydrogens is 295 g/mol. The number of aryl methyl sites for hydroxylation is 2. The van der Waals surface area contributed by atoms with E-state index in [2.05, 4.69) is 15.0 Å². The Labute approximate surface area is 126 Å². The predicted octanol–water partition coefficient (Wildman–Crippen LogP) is 4.13. The average molecular weight is 307 g/mol. The molecule has 0 atom stereocenters. The van der Waals surface area contributed by atoms with Gasteiger partial charge in [-0.1, -0.05) is 35.3 Å². The minimum absolute atomic E-state index is 0.369. The summed E-state index contributed by atoms with van der Waals surface area (Å²) in [6, 6.07) is 7.60. The fourth-order valence-electron chi connectivity index (χ4n) is 2.22. The Morgan fingerprint density at radius 2 is 1.85 bits per heavy atom. The second-order valence-corrected chi connectivity index (χ2v) is 5.16. The molecule has 0 fully saturated rings. The van der Waals surface area contributed by atoms with E-state index in [4.69, 9.17) is 23.2 Å². The first-order chi connectivity index (χ1) is 9.61. The summed E-state index contributed by atoms with van der Waals surface area (Å²) in [6.07, 6.45) is 0. The lowest BCUT2D eigenvalue weighted by Gasteiger charge is -2.06. The fourth-order valence-corrected chi connectivity index (χ4v) is 2.69. The van der Waals surface area contributed by atoms with Gasteiger partial charge in [-0.15, -0.1) is 0 Å². The maximum Gasteiger partial charge on any atom is 0.165 e. The summed E-state index contributed by atoms with van der Waals surface area (Å²) in [4.78, 5) is 13.2. The molecule has 4 nitrogen and oxygen atoms in total. The molecule has 0 aliphatic heterocycles. The van der Waals surface area contributed by atoms with Gasteiger partial charge >= 0.3 is 0 Å². The van der Waals surface area contributed by atoms with Crippen molar-refractivity contribution < 1.29 is 0 Å². The maximum absolute atomic E-state index is 6.26. The van der Waals surface area contributed by atoms with Crippen molar-refractivity contribution in [2.45, 2.75) is 20.4 Å². The van der Waals surface area contributed by atoms with E-state index in [1.54, 1.807) is 0 Å². The van der Waals surface area contributed by atoms with Gasteiger partial charge in [0.2, 0.25) is 0 Å². The highest BCUT2D eigenvalue weighted by molar-refractivity contribution is 6.34. The molecule has 3 rings (SSSR count). The lowest BCUT2D eigenvalue weighted by atomic mass is 10.2. The highest BCUT2D eigenvalue weighted by Gasteiger charge is 2.17. The van der Waals surface area contributed by atoms with Crippen molar-refractivity contribution in [2.75, 3.05) is 0 Å². The van der Waals surface area contributed by atoms with E-state index >= 15 is 0 Å². The normalized spacial score (nSPS) is 11.2. The number of imidazole rings is 1. The van der Waals surface area contributed by atoms with Gasteiger partial charge in [-0.05, 0) is 26.0 Å². The van der Waals surface area contributed by atoms with Gasteiger partial charge in [0.1, 0.15) is 17.2 Å². The Morgan fingerprint density at radius 3 is 2.55 bits per heavy atom. The molecule has 2 heterocycles. The number of rotatable bonds is 2. The number of halogens is 2. The Balaban J connectivity index is 2.37. The molecule has 102 valence electrons. The number of benzene rings is 1. The fraction of sp³-hybridized carbons (Fsp3) is 0.214. The van der Waals surface area contributed by atoms with Gasteiger partial charge in [0.15, 0.2) is 10.8 Å². The molecule has 6 heteroatoms. The number of fused-ring (bicyclic) bond motifs is 1. The quantitative estimate of drug-likeness (QED) is 0.669. The Hall–Kier alpha value is -1.65. The van der Waals surface area contributed by atoms with Crippen molar-refractivity contribution in [3.8, 4) is 11.4 Å². The van der Waals surface area contributed by atoms with Crippen molar-refractivity contribution in [2.24, 2.45) is 0 Å². The van der Waals surface area contributed by atoms with E-state index in [1.165, 1.54) is 0 Å². The van der Waals surface area contributed by atoms with Crippen molar-refractivity contribution in [3.05, 3.63) is 40.3 Å². The summed E-state index contributed by atoms with van der Waals surface area (Å²) < 4.78 is 2.00. The van der Waals surface area contributed by atoms with Crippen LogP contribution in [0.4, 0.5) is 0 Å². The van der Waals surface area contributed by atoms with Crippen molar-refractivity contribution >= 4 is 34.4 Å². The Morgan fingerprint density at radius 1 is 1.10 bits per heavy atom. The third-order valence-electron chi connectivity index (χ3n) is 3.09. The second kappa shape index (κ2) is 5.04. The molecule has 2 aromatic heterocycles. The van der Waals surface area contributed by atoms with Crippen LogP contribution in [0.15, 0.2) is 24.3 Å². The van der Waals surface area contributed by atoms with Crippen LogP contribution in [0, 0.1) is 6.92 Å². The smallest absolute Gasteiger partial charge is 0.165 e. The first-order valence-electron chi connectivity index (χ1n) is 6.27. The third kappa shape index (κ3) is 2.05. The van der Waals surface area contributed by atoms with Crippen LogP contribution in [0.25, 0.3) is 22.6 Å². The molecule has 0 amide bonds. The summed E-state index contributed by atoms with van der Waals surface area (Å²) in [5.74, 6) is 1.39. The maximum atomic E-state index is 6.26. The van der Waals surface area contributed by atoms with Crippen LogP contribution in [0.5, 0.6) is 0 Å². The highest BCUT2D eigenvalue weighted by atomic mass is 35.5. The predicted molar refractivity (Wildman–Crippen MR) is 81.2 cm³/mol. The Kier molecular flexibility index (Phi) is 3.36. The summed E-state index contributed by atoms with van der Waals surface area (Å²) in [6.45, 7) is 4.57. The van der Waals surface area contributed by atoms with Gasteiger partial charge in [0, 0.05) is 12.1 Å². The first-order valence-corrected chi connectivity index (χ1v) is 7.02. The van der Waals surface area contributed by atoms with Gasteiger partial charge in [0.25, 0.3) is 0 Å². The molecule has 0 N–H and O–H groups in total. The average Bonchev–Trinajstić information content (AvgIpc) is 2.77.